The van der Waals surface area contributed by atoms with E-state index in [1.807, 2.05) is 30.3 Å². The lowest BCUT2D eigenvalue weighted by atomic mass is 9.78. The maximum absolute atomic E-state index is 13.2. The molecule has 1 N–H and O–H groups in total. The first kappa shape index (κ1) is 23.7. The topological polar surface area (TPSA) is 41.6 Å². The number of carbonyl (C=O) groups excluding carboxylic acids is 1. The van der Waals surface area contributed by atoms with Crippen molar-refractivity contribution in [3.8, 4) is 5.75 Å². The Balaban J connectivity index is 1.24. The zero-order chi connectivity index (χ0) is 22.6. The SMILES string of the molecule is O=C(NCCN1CCC(Oc2ccc(Cl)c(Cl)c2)CC1)C1(c2ccc(Cl)cc2)CCCC1. The number of piperidine rings is 1. The summed E-state index contributed by atoms with van der Waals surface area (Å²) in [6.45, 7) is 3.41. The van der Waals surface area contributed by atoms with Gasteiger partial charge in [0.25, 0.3) is 0 Å². The molecule has 0 bridgehead atoms. The Morgan fingerprint density at radius 1 is 1.00 bits per heavy atom. The van der Waals surface area contributed by atoms with Gasteiger partial charge in [-0.15, -0.1) is 0 Å². The summed E-state index contributed by atoms with van der Waals surface area (Å²) >= 11 is 18.1. The minimum absolute atomic E-state index is 0.148. The van der Waals surface area contributed by atoms with Crippen LogP contribution in [0, 0.1) is 0 Å². The molecule has 1 heterocycles. The first-order chi connectivity index (χ1) is 15.5. The molecule has 0 spiro atoms. The number of likely N-dealkylation sites (tertiary alicyclic amines) is 1. The minimum atomic E-state index is -0.411. The highest BCUT2D eigenvalue weighted by molar-refractivity contribution is 6.42. The number of rotatable bonds is 7. The van der Waals surface area contributed by atoms with Crippen LogP contribution in [0.2, 0.25) is 15.1 Å². The molecule has 1 aliphatic heterocycles. The molecule has 7 heteroatoms. The van der Waals surface area contributed by atoms with Crippen molar-refractivity contribution in [3.63, 3.8) is 0 Å². The second-order valence-corrected chi connectivity index (χ2v) is 10.0. The molecule has 4 rings (SSSR count). The van der Waals surface area contributed by atoms with E-state index in [9.17, 15) is 4.79 Å². The van der Waals surface area contributed by atoms with Gasteiger partial charge in [0.05, 0.1) is 15.5 Å². The zero-order valence-corrected chi connectivity index (χ0v) is 20.4. The molecule has 0 aromatic heterocycles. The van der Waals surface area contributed by atoms with E-state index in [0.29, 0.717) is 21.6 Å². The van der Waals surface area contributed by atoms with Crippen molar-refractivity contribution in [1.29, 1.82) is 0 Å². The van der Waals surface area contributed by atoms with Crippen molar-refractivity contribution >= 4 is 40.7 Å². The predicted molar refractivity (Wildman–Crippen MR) is 131 cm³/mol. The van der Waals surface area contributed by atoms with Crippen LogP contribution in [0.25, 0.3) is 0 Å². The quantitative estimate of drug-likeness (QED) is 0.503. The Morgan fingerprint density at radius 2 is 1.69 bits per heavy atom. The third-order valence-corrected chi connectivity index (χ3v) is 7.72. The van der Waals surface area contributed by atoms with Crippen molar-refractivity contribution in [2.24, 2.45) is 0 Å². The number of nitrogens with zero attached hydrogens (tertiary/aromatic N) is 1. The van der Waals surface area contributed by atoms with Crippen molar-refractivity contribution in [2.45, 2.75) is 50.0 Å². The summed E-state index contributed by atoms with van der Waals surface area (Å²) in [7, 11) is 0. The van der Waals surface area contributed by atoms with Crippen LogP contribution in [0.3, 0.4) is 0 Å². The number of halogens is 3. The Kier molecular flexibility index (Phi) is 7.88. The normalized spacial score (nSPS) is 19.1. The van der Waals surface area contributed by atoms with Crippen molar-refractivity contribution in [1.82, 2.24) is 10.2 Å². The van der Waals surface area contributed by atoms with Gasteiger partial charge < -0.3 is 15.0 Å². The first-order valence-corrected chi connectivity index (χ1v) is 12.5. The second kappa shape index (κ2) is 10.6. The van der Waals surface area contributed by atoms with Gasteiger partial charge in [0.1, 0.15) is 11.9 Å². The van der Waals surface area contributed by atoms with E-state index < -0.39 is 5.41 Å². The molecule has 1 amide bonds. The molecule has 2 aliphatic rings. The fraction of sp³-hybridized carbons (Fsp3) is 0.480. The number of hydrogen-bond donors (Lipinski definition) is 1. The van der Waals surface area contributed by atoms with Crippen LogP contribution in [0.15, 0.2) is 42.5 Å². The van der Waals surface area contributed by atoms with Gasteiger partial charge in [-0.25, -0.2) is 0 Å². The smallest absolute Gasteiger partial charge is 0.230 e. The number of carbonyl (C=O) groups is 1. The van der Waals surface area contributed by atoms with Gasteiger partial charge in [0, 0.05) is 37.3 Å². The third-order valence-electron chi connectivity index (χ3n) is 6.73. The summed E-state index contributed by atoms with van der Waals surface area (Å²) in [6, 6.07) is 13.2. The fourth-order valence-electron chi connectivity index (χ4n) is 4.88. The van der Waals surface area contributed by atoms with Crippen molar-refractivity contribution in [2.75, 3.05) is 26.2 Å². The monoisotopic (exact) mass is 494 g/mol. The fourth-order valence-corrected chi connectivity index (χ4v) is 5.30. The lowest BCUT2D eigenvalue weighted by molar-refractivity contribution is -0.126. The van der Waals surface area contributed by atoms with Gasteiger partial charge in [-0.2, -0.15) is 0 Å². The van der Waals surface area contributed by atoms with Gasteiger partial charge in [0.15, 0.2) is 0 Å². The average molecular weight is 496 g/mol. The summed E-state index contributed by atoms with van der Waals surface area (Å²) in [5.41, 5.74) is 0.669. The lowest BCUT2D eigenvalue weighted by Gasteiger charge is -2.33. The van der Waals surface area contributed by atoms with Gasteiger partial charge in [0.2, 0.25) is 5.91 Å². The molecule has 1 aliphatic carbocycles. The highest BCUT2D eigenvalue weighted by Gasteiger charge is 2.42. The van der Waals surface area contributed by atoms with Gasteiger partial charge >= 0.3 is 0 Å². The number of nitrogens with one attached hydrogen (secondary N) is 1. The Bertz CT molecular complexity index is 921. The number of benzene rings is 2. The molecule has 2 aromatic carbocycles. The molecule has 4 nitrogen and oxygen atoms in total. The Hall–Kier alpha value is -1.46. The molecule has 172 valence electrons. The van der Waals surface area contributed by atoms with E-state index in [-0.39, 0.29) is 12.0 Å². The average Bonchev–Trinajstić information content (AvgIpc) is 3.29. The molecular weight excluding hydrogens is 467 g/mol. The molecule has 0 radical (unpaired) electrons. The highest BCUT2D eigenvalue weighted by Crippen LogP contribution is 2.41. The van der Waals surface area contributed by atoms with Crippen LogP contribution >= 0.6 is 34.8 Å². The van der Waals surface area contributed by atoms with E-state index in [1.165, 1.54) is 0 Å². The molecule has 0 unspecified atom stereocenters. The lowest BCUT2D eigenvalue weighted by Crippen LogP contribution is -2.46. The van der Waals surface area contributed by atoms with E-state index in [2.05, 4.69) is 10.2 Å². The van der Waals surface area contributed by atoms with Gasteiger partial charge in [-0.3, -0.25) is 4.79 Å². The third kappa shape index (κ3) is 5.53. The summed E-state index contributed by atoms with van der Waals surface area (Å²) in [5, 5.41) is 4.96. The van der Waals surface area contributed by atoms with Crippen molar-refractivity contribution in [3.05, 3.63) is 63.1 Å². The molecule has 1 saturated heterocycles. The summed E-state index contributed by atoms with van der Waals surface area (Å²) in [5.74, 6) is 0.907. The molecule has 2 aromatic rings. The van der Waals surface area contributed by atoms with Crippen molar-refractivity contribution < 1.29 is 9.53 Å². The predicted octanol–water partition coefficient (Wildman–Crippen LogP) is 6.12. The highest BCUT2D eigenvalue weighted by atomic mass is 35.5. The Labute approximate surface area is 205 Å². The summed E-state index contributed by atoms with van der Waals surface area (Å²) in [6.07, 6.45) is 6.04. The van der Waals surface area contributed by atoms with Crippen LogP contribution in [0.1, 0.15) is 44.1 Å². The first-order valence-electron chi connectivity index (χ1n) is 11.3. The number of amides is 1. The second-order valence-electron chi connectivity index (χ2n) is 8.79. The molecule has 32 heavy (non-hydrogen) atoms. The number of hydrogen-bond acceptors (Lipinski definition) is 3. The maximum atomic E-state index is 13.2. The minimum Gasteiger partial charge on any atom is -0.490 e. The molecule has 2 fully saturated rings. The number of ether oxygens (including phenoxy) is 1. The molecular formula is C25H29Cl3N2O2. The maximum Gasteiger partial charge on any atom is 0.230 e. The summed E-state index contributed by atoms with van der Waals surface area (Å²) < 4.78 is 6.07. The van der Waals surface area contributed by atoms with E-state index in [0.717, 1.165) is 69.5 Å². The van der Waals surface area contributed by atoms with E-state index in [4.69, 9.17) is 39.5 Å². The Morgan fingerprint density at radius 3 is 2.34 bits per heavy atom. The van der Waals surface area contributed by atoms with E-state index in [1.54, 1.807) is 12.1 Å². The zero-order valence-electron chi connectivity index (χ0n) is 18.1. The molecule has 0 atom stereocenters. The van der Waals surface area contributed by atoms with Crippen LogP contribution < -0.4 is 10.1 Å². The van der Waals surface area contributed by atoms with Crippen LogP contribution in [-0.2, 0) is 10.2 Å². The van der Waals surface area contributed by atoms with Crippen LogP contribution in [-0.4, -0.2) is 43.1 Å². The van der Waals surface area contributed by atoms with E-state index >= 15 is 0 Å². The van der Waals surface area contributed by atoms with Crippen LogP contribution in [0.4, 0.5) is 0 Å². The summed E-state index contributed by atoms with van der Waals surface area (Å²) in [4.78, 5) is 15.6. The van der Waals surface area contributed by atoms with Crippen LogP contribution in [0.5, 0.6) is 5.75 Å². The van der Waals surface area contributed by atoms with Gasteiger partial charge in [-0.05, 0) is 55.5 Å². The van der Waals surface area contributed by atoms with Gasteiger partial charge in [-0.1, -0.05) is 59.8 Å². The standard InChI is InChI=1S/C25H29Cl3N2O2/c26-19-5-3-18(4-6-19)25(11-1-2-12-25)24(31)29-13-16-30-14-9-20(10-15-30)32-21-7-8-22(27)23(28)17-21/h3-8,17,20H,1-2,9-16H2,(H,29,31). The molecule has 1 saturated carbocycles. The largest absolute Gasteiger partial charge is 0.490 e.